The number of rotatable bonds is 6. The van der Waals surface area contributed by atoms with E-state index in [4.69, 9.17) is 4.74 Å². The highest BCUT2D eigenvalue weighted by Crippen LogP contribution is 2.26. The first-order chi connectivity index (χ1) is 13.3. The van der Waals surface area contributed by atoms with Gasteiger partial charge in [0.1, 0.15) is 5.75 Å². The van der Waals surface area contributed by atoms with Gasteiger partial charge in [-0.3, -0.25) is 5.43 Å². The van der Waals surface area contributed by atoms with Gasteiger partial charge in [0, 0.05) is 40.2 Å². The first-order valence-corrected chi connectivity index (χ1v) is 9.63. The summed E-state index contributed by atoms with van der Waals surface area (Å²) in [5, 5.41) is 8.36. The number of nitrogens with one attached hydrogen (secondary N) is 1. The maximum absolute atomic E-state index is 5.19. The van der Waals surface area contributed by atoms with Gasteiger partial charge in [-0.1, -0.05) is 18.2 Å². The van der Waals surface area contributed by atoms with Crippen molar-refractivity contribution in [3.8, 4) is 17.0 Å². The fourth-order valence-corrected chi connectivity index (χ4v) is 3.68. The number of hydrazone groups is 1. The van der Waals surface area contributed by atoms with Gasteiger partial charge in [0.25, 0.3) is 0 Å². The predicted octanol–water partition coefficient (Wildman–Crippen LogP) is 5.24. The molecule has 0 aliphatic heterocycles. The van der Waals surface area contributed by atoms with Gasteiger partial charge in [0.2, 0.25) is 5.13 Å². The Morgan fingerprint density at radius 1 is 1.19 bits per heavy atom. The zero-order valence-electron chi connectivity index (χ0n) is 15.2. The Kier molecular flexibility index (Phi) is 4.89. The minimum atomic E-state index is 0.760. The molecule has 0 aliphatic carbocycles. The van der Waals surface area contributed by atoms with Gasteiger partial charge >= 0.3 is 0 Å². The van der Waals surface area contributed by atoms with E-state index < -0.39 is 0 Å². The predicted molar refractivity (Wildman–Crippen MR) is 113 cm³/mol. The topological polar surface area (TPSA) is 51.4 Å². The number of aromatic nitrogens is 2. The molecule has 1 N–H and O–H groups in total. The van der Waals surface area contributed by atoms with Crippen LogP contribution in [0, 0.1) is 0 Å². The van der Waals surface area contributed by atoms with E-state index in [1.165, 1.54) is 22.2 Å². The summed E-state index contributed by atoms with van der Waals surface area (Å²) in [5.41, 5.74) is 7.32. The van der Waals surface area contributed by atoms with Crippen LogP contribution in [0.1, 0.15) is 12.5 Å². The molecule has 4 aromatic rings. The molecule has 0 spiro atoms. The summed E-state index contributed by atoms with van der Waals surface area (Å²) in [5.74, 6) is 0.836. The number of ether oxygens (including phenoxy) is 1. The zero-order valence-corrected chi connectivity index (χ0v) is 16.0. The molecular weight excluding hydrogens is 356 g/mol. The van der Waals surface area contributed by atoms with Gasteiger partial charge in [-0.2, -0.15) is 5.10 Å². The van der Waals surface area contributed by atoms with Crippen molar-refractivity contribution in [1.29, 1.82) is 0 Å². The molecule has 2 heterocycles. The Morgan fingerprint density at radius 3 is 2.78 bits per heavy atom. The molecule has 2 aromatic heterocycles. The number of anilines is 1. The molecule has 0 aliphatic rings. The number of nitrogens with zero attached hydrogens (tertiary/aromatic N) is 3. The van der Waals surface area contributed by atoms with Crippen molar-refractivity contribution >= 4 is 33.6 Å². The molecule has 0 fully saturated rings. The van der Waals surface area contributed by atoms with Crippen molar-refractivity contribution in [2.75, 3.05) is 12.5 Å². The molecule has 0 saturated heterocycles. The van der Waals surface area contributed by atoms with Crippen molar-refractivity contribution in [2.24, 2.45) is 5.10 Å². The smallest absolute Gasteiger partial charge is 0.203 e. The summed E-state index contributed by atoms with van der Waals surface area (Å²) >= 11 is 1.53. The molecule has 0 saturated carbocycles. The normalized spacial score (nSPS) is 11.3. The third-order valence-corrected chi connectivity index (χ3v) is 5.16. The Bertz CT molecular complexity index is 1080. The van der Waals surface area contributed by atoms with Gasteiger partial charge in [-0.15, -0.1) is 11.3 Å². The average molecular weight is 376 g/mol. The number of aryl methyl sites for hydroxylation is 1. The van der Waals surface area contributed by atoms with Gasteiger partial charge in [-0.05, 0) is 37.3 Å². The first kappa shape index (κ1) is 17.3. The molecule has 0 unspecified atom stereocenters. The van der Waals surface area contributed by atoms with Crippen LogP contribution in [-0.2, 0) is 6.54 Å². The summed E-state index contributed by atoms with van der Waals surface area (Å²) in [6.45, 7) is 3.07. The lowest BCUT2D eigenvalue weighted by Gasteiger charge is -2.00. The summed E-state index contributed by atoms with van der Waals surface area (Å²) in [6, 6.07) is 16.2. The number of para-hydroxylation sites is 1. The van der Waals surface area contributed by atoms with E-state index in [-0.39, 0.29) is 0 Å². The van der Waals surface area contributed by atoms with Gasteiger partial charge in [0.15, 0.2) is 0 Å². The van der Waals surface area contributed by atoms with Crippen LogP contribution in [0.3, 0.4) is 0 Å². The number of thiazole rings is 1. The van der Waals surface area contributed by atoms with E-state index in [1.807, 2.05) is 35.9 Å². The third kappa shape index (κ3) is 3.57. The third-order valence-electron chi connectivity index (χ3n) is 4.41. The van der Waals surface area contributed by atoms with Crippen molar-refractivity contribution in [2.45, 2.75) is 13.5 Å². The summed E-state index contributed by atoms with van der Waals surface area (Å²) in [6.07, 6.45) is 3.98. The molecule has 2 aromatic carbocycles. The SMILES string of the molecule is CCn1cc(/C=N\Nc2nc(-c3ccc(OC)cc3)cs2)c2ccccc21. The van der Waals surface area contributed by atoms with Crippen molar-refractivity contribution in [3.05, 3.63) is 65.7 Å². The van der Waals surface area contributed by atoms with Crippen LogP contribution in [0.5, 0.6) is 5.75 Å². The van der Waals surface area contributed by atoms with Crippen LogP contribution in [-0.4, -0.2) is 22.9 Å². The lowest BCUT2D eigenvalue weighted by molar-refractivity contribution is 0.415. The van der Waals surface area contributed by atoms with E-state index in [0.717, 1.165) is 34.2 Å². The second kappa shape index (κ2) is 7.63. The minimum Gasteiger partial charge on any atom is -0.497 e. The van der Waals surface area contributed by atoms with Crippen molar-refractivity contribution < 1.29 is 4.74 Å². The molecule has 27 heavy (non-hydrogen) atoms. The molecule has 5 nitrogen and oxygen atoms in total. The van der Waals surface area contributed by atoms with Crippen molar-refractivity contribution in [3.63, 3.8) is 0 Å². The minimum absolute atomic E-state index is 0.760. The Morgan fingerprint density at radius 2 is 2.00 bits per heavy atom. The average Bonchev–Trinajstić information content (AvgIpc) is 3.33. The summed E-state index contributed by atoms with van der Waals surface area (Å²) in [7, 11) is 1.66. The molecule has 0 atom stereocenters. The Labute approximate surface area is 161 Å². The number of fused-ring (bicyclic) bond motifs is 1. The lowest BCUT2D eigenvalue weighted by Crippen LogP contribution is -1.91. The highest BCUT2D eigenvalue weighted by atomic mass is 32.1. The zero-order chi connectivity index (χ0) is 18.6. The fraction of sp³-hybridized carbons (Fsp3) is 0.143. The monoisotopic (exact) mass is 376 g/mol. The van der Waals surface area contributed by atoms with E-state index in [1.54, 1.807) is 7.11 Å². The Balaban J connectivity index is 1.50. The lowest BCUT2D eigenvalue weighted by atomic mass is 10.2. The highest BCUT2D eigenvalue weighted by Gasteiger charge is 2.06. The van der Waals surface area contributed by atoms with Gasteiger partial charge in [0.05, 0.1) is 19.0 Å². The van der Waals surface area contributed by atoms with Crippen LogP contribution >= 0.6 is 11.3 Å². The summed E-state index contributed by atoms with van der Waals surface area (Å²) in [4.78, 5) is 4.60. The maximum atomic E-state index is 5.19. The van der Waals surface area contributed by atoms with E-state index in [9.17, 15) is 0 Å². The molecule has 4 rings (SSSR count). The van der Waals surface area contributed by atoms with Gasteiger partial charge < -0.3 is 9.30 Å². The second-order valence-corrected chi connectivity index (χ2v) is 6.88. The van der Waals surface area contributed by atoms with Crippen LogP contribution in [0.4, 0.5) is 5.13 Å². The second-order valence-electron chi connectivity index (χ2n) is 6.02. The molecule has 0 amide bonds. The fourth-order valence-electron chi connectivity index (χ4n) is 3.02. The number of hydrogen-bond acceptors (Lipinski definition) is 5. The first-order valence-electron chi connectivity index (χ1n) is 8.75. The quantitative estimate of drug-likeness (QED) is 0.370. The molecule has 136 valence electrons. The molecule has 0 bridgehead atoms. The largest absolute Gasteiger partial charge is 0.497 e. The van der Waals surface area contributed by atoms with Crippen molar-refractivity contribution in [1.82, 2.24) is 9.55 Å². The highest BCUT2D eigenvalue weighted by molar-refractivity contribution is 7.14. The van der Waals surface area contributed by atoms with Crippen LogP contribution < -0.4 is 10.2 Å². The molecule has 0 radical (unpaired) electrons. The number of benzene rings is 2. The van der Waals surface area contributed by atoms with E-state index in [2.05, 4.69) is 57.5 Å². The standard InChI is InChI=1S/C21H20N4OS/c1-3-25-13-16(18-6-4-5-7-20(18)25)12-22-24-21-23-19(14-27-21)15-8-10-17(26-2)11-9-15/h4-14H,3H2,1-2H3,(H,23,24)/b22-12-. The number of methoxy groups -OCH3 is 1. The van der Waals surface area contributed by atoms with Crippen LogP contribution in [0.25, 0.3) is 22.2 Å². The summed E-state index contributed by atoms with van der Waals surface area (Å²) < 4.78 is 7.42. The Hall–Kier alpha value is -3.12. The van der Waals surface area contributed by atoms with Crippen LogP contribution in [0.2, 0.25) is 0 Å². The molecule has 6 heteroatoms. The van der Waals surface area contributed by atoms with Gasteiger partial charge in [-0.25, -0.2) is 4.98 Å². The maximum Gasteiger partial charge on any atom is 0.203 e. The number of hydrogen-bond donors (Lipinski definition) is 1. The molecular formula is C21H20N4OS. The van der Waals surface area contributed by atoms with E-state index in [0.29, 0.717) is 0 Å². The van der Waals surface area contributed by atoms with Crippen LogP contribution in [0.15, 0.2) is 65.2 Å². The van der Waals surface area contributed by atoms with E-state index >= 15 is 0 Å².